The van der Waals surface area contributed by atoms with Gasteiger partial charge in [-0.05, 0) is 75.9 Å². The van der Waals surface area contributed by atoms with Crippen molar-refractivity contribution in [3.63, 3.8) is 0 Å². The quantitative estimate of drug-likeness (QED) is 0.0381. The fraction of sp³-hybridized carbons (Fsp3) is 0.611. The number of rotatable bonds is 33. The minimum atomic E-state index is -1.46. The number of amides is 7. The first-order valence-corrected chi connectivity index (χ1v) is 25.7. The number of aliphatic hydroxyl groups excluding tert-OH is 1. The highest BCUT2D eigenvalue weighted by molar-refractivity contribution is 6.38. The maximum absolute atomic E-state index is 13.9. The van der Waals surface area contributed by atoms with E-state index in [4.69, 9.17) is 0 Å². The van der Waals surface area contributed by atoms with Crippen LogP contribution in [0, 0.1) is 5.92 Å². The Balaban J connectivity index is 2.14. The molecule has 0 aliphatic rings. The summed E-state index contributed by atoms with van der Waals surface area (Å²) in [5.41, 5.74) is 0.816. The minimum absolute atomic E-state index is 0.0413. The average molecular weight is 1020 g/mol. The fourth-order valence-corrected chi connectivity index (χ4v) is 8.07. The number of unbranched alkanes of at least 4 members (excludes halogenated alkanes) is 12. The first-order chi connectivity index (χ1) is 34.5. The number of Topliss-reactive ketones (excluding diaryl/α,β-unsaturated/α-hetero) is 2. The standard InChI is InChI=1S/C54H83N7O12/c1-11-12-13-14-15-16-17-18-19-20-21-22-23-24-46(66)60(9)43(33-62)52(71)58-37(5)51(70)55-32-47(67)61(10)48(53(72)56-35(3)38(6)63)40-26-28-45(65)42(31-40)41-30-39(25-27-44(41)64)29-34(2)50(69)57-36(4)49(68)54(73)59(7)8/h25-28,30-31,34-37,43,48,62,64-65H,11-24,29,32-33H2,1-10H3,(H,55,70)(H,56,72)(H,57,69)(H,58,71)/t34-,35-,36-,37+,43+,48-/m0/s1. The molecule has 0 unspecified atom stereocenters. The summed E-state index contributed by atoms with van der Waals surface area (Å²) < 4.78 is 0. The molecule has 7 N–H and O–H groups in total. The minimum Gasteiger partial charge on any atom is -0.507 e. The van der Waals surface area contributed by atoms with Crippen molar-refractivity contribution < 1.29 is 58.5 Å². The summed E-state index contributed by atoms with van der Waals surface area (Å²) in [7, 11) is 5.56. The first-order valence-electron chi connectivity index (χ1n) is 25.7. The predicted octanol–water partition coefficient (Wildman–Crippen LogP) is 4.62. The highest BCUT2D eigenvalue weighted by Gasteiger charge is 2.33. The van der Waals surface area contributed by atoms with Crippen molar-refractivity contribution in [1.82, 2.24) is 36.0 Å². The molecule has 406 valence electrons. The molecule has 0 aliphatic carbocycles. The van der Waals surface area contributed by atoms with Gasteiger partial charge in [0.2, 0.25) is 41.2 Å². The number of hydrogen-bond acceptors (Lipinski definition) is 12. The summed E-state index contributed by atoms with van der Waals surface area (Å²) in [6.07, 6.45) is 15.3. The number of carbonyl (C=O) groups excluding carboxylic acids is 9. The van der Waals surface area contributed by atoms with E-state index in [0.29, 0.717) is 12.0 Å². The zero-order chi connectivity index (χ0) is 54.9. The second-order valence-corrected chi connectivity index (χ2v) is 19.4. The number of aliphatic hydroxyl groups is 1. The van der Waals surface area contributed by atoms with E-state index in [2.05, 4.69) is 28.2 Å². The van der Waals surface area contributed by atoms with Gasteiger partial charge in [0.1, 0.15) is 29.6 Å². The number of phenols is 2. The van der Waals surface area contributed by atoms with Crippen molar-refractivity contribution in [2.45, 2.75) is 168 Å². The highest BCUT2D eigenvalue weighted by atomic mass is 16.3. The van der Waals surface area contributed by atoms with E-state index in [0.717, 1.165) is 34.0 Å². The number of carbonyl (C=O) groups is 9. The number of phenolic OH excluding ortho intramolecular Hbond substituents is 2. The summed E-state index contributed by atoms with van der Waals surface area (Å²) in [6, 6.07) is 2.45. The van der Waals surface area contributed by atoms with Crippen LogP contribution in [-0.4, -0.2) is 148 Å². The van der Waals surface area contributed by atoms with Gasteiger partial charge in [0.25, 0.3) is 5.91 Å². The molecule has 0 aliphatic heterocycles. The largest absolute Gasteiger partial charge is 0.507 e. The molecule has 0 aromatic heterocycles. The maximum atomic E-state index is 13.9. The molecule has 2 aromatic carbocycles. The molecule has 19 heteroatoms. The molecule has 2 aromatic rings. The summed E-state index contributed by atoms with van der Waals surface area (Å²) in [5.74, 6) is -7.19. The molecule has 0 bridgehead atoms. The van der Waals surface area contributed by atoms with Gasteiger partial charge in [-0.25, -0.2) is 0 Å². The molecule has 0 saturated heterocycles. The van der Waals surface area contributed by atoms with Crippen molar-refractivity contribution in [2.75, 3.05) is 41.3 Å². The summed E-state index contributed by atoms with van der Waals surface area (Å²) in [5, 5.41) is 42.3. The van der Waals surface area contributed by atoms with Crippen LogP contribution in [0.5, 0.6) is 11.5 Å². The zero-order valence-corrected chi connectivity index (χ0v) is 44.8. The third kappa shape index (κ3) is 20.6. The number of nitrogens with zero attached hydrogens (tertiary/aromatic N) is 3. The lowest BCUT2D eigenvalue weighted by molar-refractivity contribution is -0.144. The molecular formula is C54H83N7O12. The molecule has 0 saturated carbocycles. The summed E-state index contributed by atoms with van der Waals surface area (Å²) >= 11 is 0. The lowest BCUT2D eigenvalue weighted by Gasteiger charge is -2.29. The lowest BCUT2D eigenvalue weighted by Crippen LogP contribution is -2.55. The van der Waals surface area contributed by atoms with Crippen molar-refractivity contribution in [2.24, 2.45) is 5.92 Å². The number of hydrogen-bond donors (Lipinski definition) is 7. The Labute approximate surface area is 431 Å². The maximum Gasteiger partial charge on any atom is 0.291 e. The Morgan fingerprint density at radius 2 is 1.08 bits per heavy atom. The zero-order valence-electron chi connectivity index (χ0n) is 44.8. The highest BCUT2D eigenvalue weighted by Crippen LogP contribution is 2.39. The van der Waals surface area contributed by atoms with Gasteiger partial charge in [-0.2, -0.15) is 0 Å². The Bertz CT molecular complexity index is 2200. The van der Waals surface area contributed by atoms with E-state index in [9.17, 15) is 58.5 Å². The van der Waals surface area contributed by atoms with Crippen molar-refractivity contribution in [3.8, 4) is 22.6 Å². The molecular weight excluding hydrogens is 939 g/mol. The van der Waals surface area contributed by atoms with Crippen LogP contribution in [0.4, 0.5) is 0 Å². The monoisotopic (exact) mass is 1020 g/mol. The van der Waals surface area contributed by atoms with Gasteiger partial charge < -0.3 is 51.3 Å². The van der Waals surface area contributed by atoms with Gasteiger partial charge in [0.05, 0.1) is 25.2 Å². The third-order valence-electron chi connectivity index (χ3n) is 13.0. The number of nitrogens with one attached hydrogen (secondary N) is 4. The Kier molecular flexibility index (Phi) is 27.5. The molecule has 0 spiro atoms. The molecule has 19 nitrogen and oxygen atoms in total. The number of aromatic hydroxyl groups is 2. The Morgan fingerprint density at radius 3 is 1.62 bits per heavy atom. The van der Waals surface area contributed by atoms with Crippen molar-refractivity contribution >= 4 is 52.9 Å². The van der Waals surface area contributed by atoms with Crippen LogP contribution in [-0.2, 0) is 49.6 Å². The Morgan fingerprint density at radius 1 is 0.575 bits per heavy atom. The van der Waals surface area contributed by atoms with Crippen LogP contribution in [0.2, 0.25) is 0 Å². The van der Waals surface area contributed by atoms with Gasteiger partial charge in [0, 0.05) is 51.7 Å². The molecule has 73 heavy (non-hydrogen) atoms. The smallest absolute Gasteiger partial charge is 0.291 e. The SMILES string of the molecule is CCCCCCCCCCCCCCCC(=O)N(C)[C@H](CO)C(=O)N[C@H](C)C(=O)NCC(=O)N(C)[C@H](C(=O)N[C@@H](C)C(C)=O)c1ccc(O)c(-c2cc(C[C@H](C)C(=O)N[C@@H](C)C(=O)C(=O)N(C)C)ccc2O)c1. The average Bonchev–Trinajstić information content (AvgIpc) is 3.34. The summed E-state index contributed by atoms with van der Waals surface area (Å²) in [6.45, 7) is 7.99. The first kappa shape index (κ1) is 62.7. The van der Waals surface area contributed by atoms with Crippen LogP contribution in [0.25, 0.3) is 11.1 Å². The van der Waals surface area contributed by atoms with Gasteiger partial charge in [-0.15, -0.1) is 0 Å². The second-order valence-electron chi connectivity index (χ2n) is 19.4. The fourth-order valence-electron chi connectivity index (χ4n) is 8.07. The van der Waals surface area contributed by atoms with E-state index in [-0.39, 0.29) is 52.7 Å². The normalized spacial score (nSPS) is 13.5. The van der Waals surface area contributed by atoms with Crippen molar-refractivity contribution in [3.05, 3.63) is 47.5 Å². The van der Waals surface area contributed by atoms with Gasteiger partial charge in [-0.3, -0.25) is 43.2 Å². The molecule has 0 radical (unpaired) electrons. The van der Waals surface area contributed by atoms with Crippen molar-refractivity contribution in [1.29, 1.82) is 0 Å². The molecule has 2 rings (SSSR count). The van der Waals surface area contributed by atoms with Crippen LogP contribution in [0.15, 0.2) is 36.4 Å². The third-order valence-corrected chi connectivity index (χ3v) is 13.0. The Hall–Kier alpha value is -6.37. The van der Waals surface area contributed by atoms with Gasteiger partial charge in [-0.1, -0.05) is 103 Å². The van der Waals surface area contributed by atoms with Gasteiger partial charge >= 0.3 is 0 Å². The molecule has 7 amide bonds. The van der Waals surface area contributed by atoms with E-state index in [1.807, 2.05) is 0 Å². The molecule has 0 heterocycles. The van der Waals surface area contributed by atoms with Gasteiger partial charge in [0.15, 0.2) is 5.78 Å². The lowest BCUT2D eigenvalue weighted by atomic mass is 9.93. The summed E-state index contributed by atoms with van der Waals surface area (Å²) in [4.78, 5) is 120. The van der Waals surface area contributed by atoms with E-state index >= 15 is 0 Å². The number of ketones is 2. The topological polar surface area (TPSA) is 272 Å². The van der Waals surface area contributed by atoms with Crippen LogP contribution in [0.3, 0.4) is 0 Å². The number of likely N-dealkylation sites (N-methyl/N-ethyl adjacent to an activating group) is 3. The van der Waals surface area contributed by atoms with Crippen LogP contribution >= 0.6 is 0 Å². The predicted molar refractivity (Wildman–Crippen MR) is 278 cm³/mol. The van der Waals surface area contributed by atoms with E-state index in [1.54, 1.807) is 13.0 Å². The van der Waals surface area contributed by atoms with E-state index in [1.165, 1.54) is 144 Å². The molecule has 6 atom stereocenters. The number of benzene rings is 2. The van der Waals surface area contributed by atoms with Crippen LogP contribution in [0.1, 0.15) is 149 Å². The second kappa shape index (κ2) is 31.9. The van der Waals surface area contributed by atoms with Crippen LogP contribution < -0.4 is 21.3 Å². The van der Waals surface area contributed by atoms with E-state index < -0.39 is 90.5 Å². The molecule has 0 fully saturated rings.